The smallest absolute Gasteiger partial charge is 0.172 e. The Labute approximate surface area is 80.5 Å². The molecule has 1 aliphatic carbocycles. The van der Waals surface area contributed by atoms with Gasteiger partial charge in [-0.3, -0.25) is 0 Å². The maximum Gasteiger partial charge on any atom is 0.172 e. The van der Waals surface area contributed by atoms with E-state index >= 15 is 0 Å². The topological polar surface area (TPSA) is 22.1 Å². The van der Waals surface area contributed by atoms with Crippen LogP contribution in [0, 0.1) is 0 Å². The molecule has 64 valence electrons. The highest BCUT2D eigenvalue weighted by Crippen LogP contribution is 2.31. The molecule has 0 unspecified atom stereocenters. The Morgan fingerprint density at radius 3 is 2.67 bits per heavy atom. The Balaban J connectivity index is 2.18. The van der Waals surface area contributed by atoms with Crippen LogP contribution >= 0.6 is 23.2 Å². The van der Waals surface area contributed by atoms with E-state index in [1.54, 1.807) is 12.1 Å². The summed E-state index contributed by atoms with van der Waals surface area (Å²) in [5.41, 5.74) is 0. The molecule has 0 spiro atoms. The van der Waals surface area contributed by atoms with Gasteiger partial charge in [0, 0.05) is 0 Å². The van der Waals surface area contributed by atoms with E-state index in [9.17, 15) is 0 Å². The maximum atomic E-state index is 5.78. The monoisotopic (exact) mass is 203 g/mol. The van der Waals surface area contributed by atoms with E-state index in [0.717, 1.165) is 12.8 Å². The van der Waals surface area contributed by atoms with Gasteiger partial charge in [0.15, 0.2) is 10.9 Å². The number of ether oxygens (including phenoxy) is 1. The lowest BCUT2D eigenvalue weighted by atomic mass is 10.4. The van der Waals surface area contributed by atoms with Crippen LogP contribution in [0.1, 0.15) is 12.8 Å². The highest BCUT2D eigenvalue weighted by Gasteiger charge is 2.24. The van der Waals surface area contributed by atoms with Gasteiger partial charge in [0.1, 0.15) is 5.15 Å². The van der Waals surface area contributed by atoms with Crippen molar-refractivity contribution < 1.29 is 4.74 Å². The minimum Gasteiger partial charge on any atom is -0.487 e. The summed E-state index contributed by atoms with van der Waals surface area (Å²) in [6.07, 6.45) is 2.56. The summed E-state index contributed by atoms with van der Waals surface area (Å²) >= 11 is 11.4. The molecule has 0 amide bonds. The summed E-state index contributed by atoms with van der Waals surface area (Å²) in [4.78, 5) is 3.86. The van der Waals surface area contributed by atoms with E-state index in [4.69, 9.17) is 27.9 Å². The third kappa shape index (κ3) is 1.82. The molecule has 0 radical (unpaired) electrons. The summed E-state index contributed by atoms with van der Waals surface area (Å²) in [5, 5.41) is 0.734. The predicted molar refractivity (Wildman–Crippen MR) is 47.9 cm³/mol. The molecule has 2 nitrogen and oxygen atoms in total. The number of pyridine rings is 1. The average Bonchev–Trinajstić information content (AvgIpc) is 2.79. The van der Waals surface area contributed by atoms with Gasteiger partial charge in [-0.05, 0) is 25.0 Å². The molecule has 1 aromatic rings. The summed E-state index contributed by atoms with van der Waals surface area (Å²) in [5.74, 6) is 0.628. The largest absolute Gasteiger partial charge is 0.487 e. The quantitative estimate of drug-likeness (QED) is 0.691. The number of aromatic nitrogens is 1. The van der Waals surface area contributed by atoms with Gasteiger partial charge in [0.2, 0.25) is 0 Å². The van der Waals surface area contributed by atoms with Crippen LogP contribution in [0.2, 0.25) is 10.3 Å². The molecular weight excluding hydrogens is 197 g/mol. The van der Waals surface area contributed by atoms with Gasteiger partial charge < -0.3 is 4.74 Å². The van der Waals surface area contributed by atoms with E-state index in [-0.39, 0.29) is 0 Å². The van der Waals surface area contributed by atoms with Crippen molar-refractivity contribution >= 4 is 23.2 Å². The number of hydrogen-bond acceptors (Lipinski definition) is 2. The van der Waals surface area contributed by atoms with Gasteiger partial charge in [-0.1, -0.05) is 23.2 Å². The van der Waals surface area contributed by atoms with Crippen molar-refractivity contribution in [1.29, 1.82) is 0 Å². The lowest BCUT2D eigenvalue weighted by Crippen LogP contribution is -1.97. The molecule has 1 aromatic heterocycles. The highest BCUT2D eigenvalue weighted by atomic mass is 35.5. The lowest BCUT2D eigenvalue weighted by molar-refractivity contribution is 0.302. The summed E-state index contributed by atoms with van der Waals surface area (Å²) < 4.78 is 5.46. The zero-order chi connectivity index (χ0) is 8.55. The Kier molecular flexibility index (Phi) is 2.11. The predicted octanol–water partition coefficient (Wildman–Crippen LogP) is 2.93. The van der Waals surface area contributed by atoms with Crippen LogP contribution in [0.3, 0.4) is 0 Å². The van der Waals surface area contributed by atoms with Gasteiger partial charge in [-0.2, -0.15) is 0 Å². The van der Waals surface area contributed by atoms with E-state index in [0.29, 0.717) is 22.2 Å². The first-order chi connectivity index (χ1) is 5.75. The van der Waals surface area contributed by atoms with Gasteiger partial charge in [0.25, 0.3) is 0 Å². The minimum atomic E-state index is 0.338. The molecule has 0 aromatic carbocycles. The van der Waals surface area contributed by atoms with Gasteiger partial charge >= 0.3 is 0 Å². The Hall–Kier alpha value is -0.470. The standard InChI is InChI=1S/C8H7Cl2NO/c9-7-4-3-6(8(10)11-7)12-5-1-2-5/h3-5H,1-2H2. The first kappa shape index (κ1) is 8.14. The number of rotatable bonds is 2. The SMILES string of the molecule is Clc1ccc(OC2CC2)c(Cl)n1. The van der Waals surface area contributed by atoms with E-state index in [1.807, 2.05) is 0 Å². The summed E-state index contributed by atoms with van der Waals surface area (Å²) in [6, 6.07) is 3.42. The van der Waals surface area contributed by atoms with Crippen LogP contribution in [-0.4, -0.2) is 11.1 Å². The average molecular weight is 204 g/mol. The molecule has 12 heavy (non-hydrogen) atoms. The molecule has 1 saturated carbocycles. The van der Waals surface area contributed by atoms with Gasteiger partial charge in [-0.15, -0.1) is 0 Å². The van der Waals surface area contributed by atoms with Crippen molar-refractivity contribution in [1.82, 2.24) is 4.98 Å². The van der Waals surface area contributed by atoms with Crippen LogP contribution in [0.25, 0.3) is 0 Å². The lowest BCUT2D eigenvalue weighted by Gasteiger charge is -2.04. The zero-order valence-electron chi connectivity index (χ0n) is 6.26. The fourth-order valence-electron chi connectivity index (χ4n) is 0.853. The van der Waals surface area contributed by atoms with Crippen molar-refractivity contribution in [3.63, 3.8) is 0 Å². The van der Waals surface area contributed by atoms with Crippen LogP contribution in [0.5, 0.6) is 5.75 Å². The van der Waals surface area contributed by atoms with Gasteiger partial charge in [-0.25, -0.2) is 4.98 Å². The Bertz CT molecular complexity index is 299. The molecule has 0 atom stereocenters. The molecule has 2 rings (SSSR count). The maximum absolute atomic E-state index is 5.78. The highest BCUT2D eigenvalue weighted by molar-refractivity contribution is 6.33. The minimum absolute atomic E-state index is 0.338. The van der Waals surface area contributed by atoms with Crippen LogP contribution in [0.4, 0.5) is 0 Å². The first-order valence-electron chi connectivity index (χ1n) is 3.74. The normalized spacial score (nSPS) is 16.2. The molecule has 0 N–H and O–H groups in total. The summed E-state index contributed by atoms with van der Waals surface area (Å²) in [7, 11) is 0. The van der Waals surface area contributed by atoms with Crippen molar-refractivity contribution in [3.05, 3.63) is 22.4 Å². The van der Waals surface area contributed by atoms with Crippen LogP contribution < -0.4 is 4.74 Å². The Morgan fingerprint density at radius 1 is 1.33 bits per heavy atom. The van der Waals surface area contributed by atoms with Crippen molar-refractivity contribution in [2.24, 2.45) is 0 Å². The van der Waals surface area contributed by atoms with Crippen molar-refractivity contribution in [2.45, 2.75) is 18.9 Å². The van der Waals surface area contributed by atoms with Crippen LogP contribution in [-0.2, 0) is 0 Å². The van der Waals surface area contributed by atoms with Gasteiger partial charge in [0.05, 0.1) is 6.10 Å². The fraction of sp³-hybridized carbons (Fsp3) is 0.375. The first-order valence-corrected chi connectivity index (χ1v) is 4.50. The second-order valence-corrected chi connectivity index (χ2v) is 3.49. The summed E-state index contributed by atoms with van der Waals surface area (Å²) in [6.45, 7) is 0. The molecule has 0 bridgehead atoms. The number of hydrogen-bond donors (Lipinski definition) is 0. The number of nitrogens with zero attached hydrogens (tertiary/aromatic N) is 1. The molecule has 0 aliphatic heterocycles. The molecular formula is C8H7Cl2NO. The molecule has 0 saturated heterocycles. The molecule has 1 aliphatic rings. The molecule has 1 heterocycles. The van der Waals surface area contributed by atoms with Crippen LogP contribution in [0.15, 0.2) is 12.1 Å². The molecule has 4 heteroatoms. The number of halogens is 2. The Morgan fingerprint density at radius 2 is 2.08 bits per heavy atom. The van der Waals surface area contributed by atoms with Crippen molar-refractivity contribution in [2.75, 3.05) is 0 Å². The third-order valence-corrected chi connectivity index (χ3v) is 2.08. The van der Waals surface area contributed by atoms with E-state index in [2.05, 4.69) is 4.98 Å². The fourth-order valence-corrected chi connectivity index (χ4v) is 1.24. The molecule has 1 fully saturated rings. The third-order valence-electron chi connectivity index (χ3n) is 1.60. The second-order valence-electron chi connectivity index (χ2n) is 2.74. The second kappa shape index (κ2) is 3.11. The van der Waals surface area contributed by atoms with Crippen molar-refractivity contribution in [3.8, 4) is 5.75 Å². The van der Waals surface area contributed by atoms with E-state index < -0.39 is 0 Å². The zero-order valence-corrected chi connectivity index (χ0v) is 7.77. The van der Waals surface area contributed by atoms with E-state index in [1.165, 1.54) is 0 Å².